The number of likely N-dealkylation sites (N-methyl/N-ethyl adjacent to an activating group) is 1. The molecule has 1 rings (SSSR count). The predicted molar refractivity (Wildman–Crippen MR) is 68.6 cm³/mol. The fraction of sp³-hybridized carbons (Fsp3) is 0.400. The zero-order valence-electron chi connectivity index (χ0n) is 10.5. The molecule has 0 aliphatic heterocycles. The number of carbonyl (C=O) groups excluding carboxylic acids is 1. The third-order valence-corrected chi connectivity index (χ3v) is 2.54. The summed E-state index contributed by atoms with van der Waals surface area (Å²) in [6.45, 7) is 3.17. The Balaban J connectivity index is 3.62. The molecule has 0 aliphatic rings. The van der Waals surface area contributed by atoms with Gasteiger partial charge in [0.1, 0.15) is 5.69 Å². The molecule has 8 nitrogen and oxygen atoms in total. The molecule has 0 saturated heterocycles. The van der Waals surface area contributed by atoms with Gasteiger partial charge in [0.2, 0.25) is 5.91 Å². The zero-order valence-corrected chi connectivity index (χ0v) is 10.5. The van der Waals surface area contributed by atoms with Crippen molar-refractivity contribution < 1.29 is 4.79 Å². The summed E-state index contributed by atoms with van der Waals surface area (Å²) < 4.78 is 2.11. The molecular formula is C10H15N5O3. The molecule has 0 fully saturated rings. The minimum atomic E-state index is -0.594. The summed E-state index contributed by atoms with van der Waals surface area (Å²) in [7, 11) is 4.33. The molecule has 18 heavy (non-hydrogen) atoms. The number of hydrogen-bond acceptors (Lipinski definition) is 5. The molecule has 1 aromatic heterocycles. The number of anilines is 1. The van der Waals surface area contributed by atoms with Gasteiger partial charge in [-0.3, -0.25) is 18.7 Å². The van der Waals surface area contributed by atoms with Crippen LogP contribution in [-0.4, -0.2) is 35.4 Å². The van der Waals surface area contributed by atoms with E-state index in [1.807, 2.05) is 0 Å². The Bertz CT molecular complexity index is 613. The Morgan fingerprint density at radius 3 is 2.39 bits per heavy atom. The van der Waals surface area contributed by atoms with Crippen LogP contribution in [0.1, 0.15) is 0 Å². The van der Waals surface area contributed by atoms with E-state index in [4.69, 9.17) is 5.73 Å². The third-order valence-electron chi connectivity index (χ3n) is 2.54. The number of carbonyl (C=O) groups is 1. The smallest absolute Gasteiger partial charge is 0.332 e. The normalized spacial score (nSPS) is 10.2. The molecule has 1 aromatic rings. The summed E-state index contributed by atoms with van der Waals surface area (Å²) in [4.78, 5) is 39.6. The maximum absolute atomic E-state index is 12.0. The van der Waals surface area contributed by atoms with Crippen LogP contribution in [0.15, 0.2) is 14.6 Å². The fourth-order valence-electron chi connectivity index (χ4n) is 1.64. The SMILES string of the molecule is C=Nc1c(N(C)CC(N)=O)c(=O)n(C)c(=O)n1C. The van der Waals surface area contributed by atoms with Gasteiger partial charge in [0.15, 0.2) is 5.82 Å². The fourth-order valence-corrected chi connectivity index (χ4v) is 1.64. The summed E-state index contributed by atoms with van der Waals surface area (Å²) in [6, 6.07) is 0. The van der Waals surface area contributed by atoms with Gasteiger partial charge in [-0.1, -0.05) is 0 Å². The van der Waals surface area contributed by atoms with Gasteiger partial charge in [0, 0.05) is 21.1 Å². The lowest BCUT2D eigenvalue weighted by Crippen LogP contribution is -2.42. The maximum Gasteiger partial charge on any atom is 0.332 e. The van der Waals surface area contributed by atoms with E-state index in [9.17, 15) is 14.4 Å². The molecule has 2 N–H and O–H groups in total. The van der Waals surface area contributed by atoms with Crippen LogP contribution < -0.4 is 21.9 Å². The van der Waals surface area contributed by atoms with E-state index in [1.54, 1.807) is 0 Å². The number of amides is 1. The highest BCUT2D eigenvalue weighted by Crippen LogP contribution is 2.20. The van der Waals surface area contributed by atoms with E-state index in [0.717, 1.165) is 4.57 Å². The molecule has 8 heteroatoms. The summed E-state index contributed by atoms with van der Waals surface area (Å²) in [5, 5.41) is 0. The summed E-state index contributed by atoms with van der Waals surface area (Å²) in [6.07, 6.45) is 0. The van der Waals surface area contributed by atoms with Crippen LogP contribution >= 0.6 is 0 Å². The number of nitrogens with zero attached hydrogens (tertiary/aromatic N) is 4. The van der Waals surface area contributed by atoms with E-state index in [0.29, 0.717) is 0 Å². The summed E-state index contributed by atoms with van der Waals surface area (Å²) in [5.74, 6) is -0.490. The minimum absolute atomic E-state index is 0.104. The average Bonchev–Trinajstić information content (AvgIpc) is 2.29. The van der Waals surface area contributed by atoms with Crippen LogP contribution in [0.25, 0.3) is 0 Å². The van der Waals surface area contributed by atoms with Crippen LogP contribution in [0.2, 0.25) is 0 Å². The van der Waals surface area contributed by atoms with Crippen LogP contribution in [0, 0.1) is 0 Å². The lowest BCUT2D eigenvalue weighted by molar-refractivity contribution is -0.116. The van der Waals surface area contributed by atoms with Crippen molar-refractivity contribution >= 4 is 24.1 Å². The second-order valence-corrected chi connectivity index (χ2v) is 3.86. The number of hydrogen-bond donors (Lipinski definition) is 1. The van der Waals surface area contributed by atoms with E-state index in [2.05, 4.69) is 11.7 Å². The van der Waals surface area contributed by atoms with Crippen molar-refractivity contribution in [1.82, 2.24) is 9.13 Å². The Kier molecular flexibility index (Phi) is 3.70. The van der Waals surface area contributed by atoms with Gasteiger partial charge in [-0.05, 0) is 6.72 Å². The quantitative estimate of drug-likeness (QED) is 0.648. The Morgan fingerprint density at radius 1 is 1.39 bits per heavy atom. The highest BCUT2D eigenvalue weighted by Gasteiger charge is 2.19. The summed E-state index contributed by atoms with van der Waals surface area (Å²) in [5.41, 5.74) is 4.11. The van der Waals surface area contributed by atoms with Gasteiger partial charge >= 0.3 is 5.69 Å². The van der Waals surface area contributed by atoms with E-state index < -0.39 is 17.2 Å². The first-order chi connectivity index (χ1) is 8.31. The van der Waals surface area contributed by atoms with Crippen LogP contribution in [0.5, 0.6) is 0 Å². The van der Waals surface area contributed by atoms with Gasteiger partial charge in [-0.2, -0.15) is 0 Å². The topological polar surface area (TPSA) is 103 Å². The highest BCUT2D eigenvalue weighted by atomic mass is 16.2. The maximum atomic E-state index is 12.0. The molecule has 0 bridgehead atoms. The van der Waals surface area contributed by atoms with Gasteiger partial charge in [0.05, 0.1) is 6.54 Å². The molecule has 1 heterocycles. The van der Waals surface area contributed by atoms with Crippen molar-refractivity contribution in [2.75, 3.05) is 18.5 Å². The van der Waals surface area contributed by atoms with Crippen molar-refractivity contribution in [1.29, 1.82) is 0 Å². The molecular weight excluding hydrogens is 238 g/mol. The molecule has 0 atom stereocenters. The second-order valence-electron chi connectivity index (χ2n) is 3.86. The molecule has 98 valence electrons. The molecule has 0 aliphatic carbocycles. The molecule has 0 radical (unpaired) electrons. The second kappa shape index (κ2) is 4.86. The Labute approximate surface area is 103 Å². The Hall–Kier alpha value is -2.38. The standard InChI is InChI=1S/C10H15N5O3/c1-12-8-7(13(2)5-6(11)16)9(17)15(4)10(18)14(8)3/h1,5H2,2-4H3,(H2,11,16). The van der Waals surface area contributed by atoms with Crippen LogP contribution in [-0.2, 0) is 18.9 Å². The van der Waals surface area contributed by atoms with Gasteiger partial charge < -0.3 is 10.6 Å². The molecule has 0 aromatic carbocycles. The predicted octanol–water partition coefficient (Wildman–Crippen LogP) is -1.66. The number of aromatic nitrogens is 2. The first-order valence-electron chi connectivity index (χ1n) is 5.07. The summed E-state index contributed by atoms with van der Waals surface area (Å²) >= 11 is 0. The van der Waals surface area contributed by atoms with Crippen molar-refractivity contribution in [2.45, 2.75) is 0 Å². The number of primary amides is 1. The van der Waals surface area contributed by atoms with Gasteiger partial charge in [0.25, 0.3) is 5.56 Å². The van der Waals surface area contributed by atoms with Crippen molar-refractivity contribution in [2.24, 2.45) is 24.8 Å². The molecule has 0 spiro atoms. The molecule has 1 amide bonds. The van der Waals surface area contributed by atoms with Crippen molar-refractivity contribution in [3.8, 4) is 0 Å². The van der Waals surface area contributed by atoms with Crippen molar-refractivity contribution in [3.63, 3.8) is 0 Å². The van der Waals surface area contributed by atoms with Crippen LogP contribution in [0.4, 0.5) is 11.5 Å². The third kappa shape index (κ3) is 2.17. The monoisotopic (exact) mass is 253 g/mol. The number of aliphatic imine (C=N–C) groups is 1. The first kappa shape index (κ1) is 13.7. The molecule has 0 unspecified atom stereocenters. The Morgan fingerprint density at radius 2 is 1.94 bits per heavy atom. The lowest BCUT2D eigenvalue weighted by Gasteiger charge is -2.20. The highest BCUT2D eigenvalue weighted by molar-refractivity contribution is 5.80. The van der Waals surface area contributed by atoms with E-state index in [1.165, 1.54) is 30.6 Å². The first-order valence-corrected chi connectivity index (χ1v) is 5.07. The van der Waals surface area contributed by atoms with Crippen LogP contribution in [0.3, 0.4) is 0 Å². The largest absolute Gasteiger partial charge is 0.368 e. The van der Waals surface area contributed by atoms with Crippen molar-refractivity contribution in [3.05, 3.63) is 20.8 Å². The number of rotatable bonds is 4. The van der Waals surface area contributed by atoms with E-state index in [-0.39, 0.29) is 18.1 Å². The van der Waals surface area contributed by atoms with Gasteiger partial charge in [-0.15, -0.1) is 0 Å². The molecule has 0 saturated carbocycles. The lowest BCUT2D eigenvalue weighted by atomic mass is 10.3. The number of nitrogens with two attached hydrogens (primary N) is 1. The van der Waals surface area contributed by atoms with E-state index >= 15 is 0 Å². The zero-order chi connectivity index (χ0) is 14.0. The van der Waals surface area contributed by atoms with Gasteiger partial charge in [-0.25, -0.2) is 9.79 Å². The minimum Gasteiger partial charge on any atom is -0.368 e. The average molecular weight is 253 g/mol.